The first-order valence-corrected chi connectivity index (χ1v) is 3.06. The molecule has 3 heteroatoms. The van der Waals surface area contributed by atoms with Gasteiger partial charge in [-0.2, -0.15) is 0 Å². The lowest BCUT2D eigenvalue weighted by Crippen LogP contribution is -2.35. The van der Waals surface area contributed by atoms with Crippen LogP contribution in [0.3, 0.4) is 0 Å². The lowest BCUT2D eigenvalue weighted by Gasteiger charge is -2.09. The molecule has 2 N–H and O–H groups in total. The molecule has 3 radical (unpaired) electrons. The minimum Gasteiger partial charge on any atom is -0.322 e. The second-order valence-electron chi connectivity index (χ2n) is 2.13. The van der Waals surface area contributed by atoms with Crippen LogP contribution >= 0.6 is 0 Å². The summed E-state index contributed by atoms with van der Waals surface area (Å²) in [6, 6.07) is -0.355. The first-order chi connectivity index (χ1) is 3.55. The van der Waals surface area contributed by atoms with E-state index < -0.39 is 0 Å². The van der Waals surface area contributed by atoms with E-state index in [0.29, 0.717) is 0 Å². The minimum absolute atomic E-state index is 0.125. The van der Waals surface area contributed by atoms with E-state index in [-0.39, 0.29) is 17.4 Å². The van der Waals surface area contributed by atoms with Crippen molar-refractivity contribution in [2.75, 3.05) is 0 Å². The Morgan fingerprint density at radius 1 is 1.62 bits per heavy atom. The van der Waals surface area contributed by atoms with Crippen molar-refractivity contribution in [3.63, 3.8) is 0 Å². The van der Waals surface area contributed by atoms with E-state index in [1.165, 1.54) is 0 Å². The van der Waals surface area contributed by atoms with Crippen molar-refractivity contribution in [2.45, 2.75) is 19.9 Å². The molecule has 0 rings (SSSR count). The third-order valence-corrected chi connectivity index (χ3v) is 1.35. The molecule has 0 saturated heterocycles. The lowest BCUT2D eigenvalue weighted by molar-refractivity contribution is -0.113. The molecule has 0 amide bonds. The molecule has 1 unspecified atom stereocenters. The predicted molar refractivity (Wildman–Crippen MR) is 33.6 cm³/mol. The van der Waals surface area contributed by atoms with Gasteiger partial charge in [-0.25, -0.2) is 0 Å². The fourth-order valence-electron chi connectivity index (χ4n) is 0.303. The van der Waals surface area contributed by atoms with E-state index in [4.69, 9.17) is 5.73 Å². The van der Waals surface area contributed by atoms with Gasteiger partial charge in [0.2, 0.25) is 0 Å². The fourth-order valence-corrected chi connectivity index (χ4v) is 0.636. The van der Waals surface area contributed by atoms with Gasteiger partial charge in [-0.1, -0.05) is 13.8 Å². The largest absolute Gasteiger partial charge is 0.322 e. The summed E-state index contributed by atoms with van der Waals surface area (Å²) in [5, 5.41) is -0.125. The first kappa shape index (κ1) is 7.85. The normalized spacial score (nSPS) is 14.1. The highest BCUT2D eigenvalue weighted by molar-refractivity contribution is 6.59. The Kier molecular flexibility index (Phi) is 2.93. The number of nitrogens with two attached hydrogens (primary N) is 1. The number of rotatable bonds is 2. The molecule has 2 nitrogen and oxygen atoms in total. The highest BCUT2D eigenvalue weighted by atomic mass is 28.1. The molecular weight excluding hydrogens is 118 g/mol. The van der Waals surface area contributed by atoms with Crippen LogP contribution in [0.4, 0.5) is 0 Å². The monoisotopic (exact) mass is 128 g/mol. The van der Waals surface area contributed by atoms with Crippen molar-refractivity contribution in [3.05, 3.63) is 0 Å². The Bertz CT molecular complexity index is 92.4. The summed E-state index contributed by atoms with van der Waals surface area (Å²) in [5.74, 6) is 0.222. The molecule has 0 aromatic rings. The molecule has 0 aliphatic heterocycles. The molecule has 45 valence electrons. The fraction of sp³-hybridized carbons (Fsp3) is 0.800. The van der Waals surface area contributed by atoms with Gasteiger partial charge in [0.15, 0.2) is 0 Å². The number of hydrogen-bond acceptors (Lipinski definition) is 2. The maximum atomic E-state index is 10.4. The van der Waals surface area contributed by atoms with Crippen LogP contribution in [0.1, 0.15) is 13.8 Å². The van der Waals surface area contributed by atoms with Crippen molar-refractivity contribution >= 4 is 15.6 Å². The van der Waals surface area contributed by atoms with Gasteiger partial charge in [0, 0.05) is 0 Å². The highest BCUT2D eigenvalue weighted by Gasteiger charge is 2.10. The molecule has 0 heterocycles. The van der Waals surface area contributed by atoms with E-state index in [2.05, 4.69) is 10.2 Å². The van der Waals surface area contributed by atoms with E-state index in [0.717, 1.165) is 0 Å². The van der Waals surface area contributed by atoms with Gasteiger partial charge >= 0.3 is 0 Å². The van der Waals surface area contributed by atoms with Gasteiger partial charge < -0.3 is 10.5 Å². The topological polar surface area (TPSA) is 43.1 Å². The quantitative estimate of drug-likeness (QED) is 0.517. The van der Waals surface area contributed by atoms with Crippen molar-refractivity contribution < 1.29 is 4.79 Å². The zero-order chi connectivity index (χ0) is 6.73. The minimum atomic E-state index is -0.355. The zero-order valence-electron chi connectivity index (χ0n) is 5.14. The second-order valence-corrected chi connectivity index (χ2v) is 2.63. The highest BCUT2D eigenvalue weighted by Crippen LogP contribution is 1.96. The van der Waals surface area contributed by atoms with E-state index >= 15 is 0 Å². The van der Waals surface area contributed by atoms with Gasteiger partial charge in [-0.3, -0.25) is 0 Å². The average molecular weight is 128 g/mol. The SMILES string of the molecule is CC(C)C(N)C(=O)[Si]. The molecule has 0 aromatic carbocycles. The van der Waals surface area contributed by atoms with Crippen LogP contribution in [0.5, 0.6) is 0 Å². The number of carbonyl (C=O) groups is 1. The Balaban J connectivity index is 3.64. The average Bonchev–Trinajstić information content (AvgIpc) is 1.64. The first-order valence-electron chi connectivity index (χ1n) is 2.56. The van der Waals surface area contributed by atoms with E-state index in [9.17, 15) is 4.79 Å². The summed E-state index contributed by atoms with van der Waals surface area (Å²) in [4.78, 5) is 10.4. The molecular formula is C5H10NOSi. The maximum absolute atomic E-state index is 10.4. The van der Waals surface area contributed by atoms with Crippen LogP contribution in [0.2, 0.25) is 0 Å². The molecule has 8 heavy (non-hydrogen) atoms. The van der Waals surface area contributed by atoms with Crippen molar-refractivity contribution in [1.29, 1.82) is 0 Å². The van der Waals surface area contributed by atoms with Crippen LogP contribution in [-0.4, -0.2) is 21.7 Å². The molecule has 0 aliphatic carbocycles. The van der Waals surface area contributed by atoms with Gasteiger partial charge in [0.25, 0.3) is 0 Å². The zero-order valence-corrected chi connectivity index (χ0v) is 6.14. The molecule has 0 aliphatic rings. The summed E-state index contributed by atoms with van der Waals surface area (Å²) >= 11 is 0. The Labute approximate surface area is 52.9 Å². The number of carbonyl (C=O) groups excluding carboxylic acids is 1. The smallest absolute Gasteiger partial charge is 0.128 e. The van der Waals surface area contributed by atoms with Crippen molar-refractivity contribution in [3.8, 4) is 0 Å². The van der Waals surface area contributed by atoms with Crippen LogP contribution in [0, 0.1) is 5.92 Å². The Morgan fingerprint density at radius 3 is 2.00 bits per heavy atom. The van der Waals surface area contributed by atoms with Gasteiger partial charge in [-0.15, -0.1) is 0 Å². The van der Waals surface area contributed by atoms with Gasteiger partial charge in [0.1, 0.15) is 15.6 Å². The van der Waals surface area contributed by atoms with E-state index in [1.807, 2.05) is 13.8 Å². The molecule has 0 spiro atoms. The third-order valence-electron chi connectivity index (χ3n) is 1.02. The summed E-state index contributed by atoms with van der Waals surface area (Å²) in [6.07, 6.45) is 0. The van der Waals surface area contributed by atoms with Crippen LogP contribution < -0.4 is 5.73 Å². The number of hydrogen-bond donors (Lipinski definition) is 1. The van der Waals surface area contributed by atoms with E-state index in [1.54, 1.807) is 0 Å². The van der Waals surface area contributed by atoms with Gasteiger partial charge in [0.05, 0.1) is 6.04 Å². The van der Waals surface area contributed by atoms with Crippen LogP contribution in [0.15, 0.2) is 0 Å². The molecule has 0 aromatic heterocycles. The van der Waals surface area contributed by atoms with Crippen LogP contribution in [0.25, 0.3) is 0 Å². The van der Waals surface area contributed by atoms with Crippen LogP contribution in [-0.2, 0) is 4.79 Å². The lowest BCUT2D eigenvalue weighted by atomic mass is 10.1. The predicted octanol–water partition coefficient (Wildman–Crippen LogP) is -0.335. The van der Waals surface area contributed by atoms with Gasteiger partial charge in [-0.05, 0) is 5.92 Å². The molecule has 0 fully saturated rings. The summed E-state index contributed by atoms with van der Waals surface area (Å²) in [5.41, 5.74) is 5.36. The summed E-state index contributed by atoms with van der Waals surface area (Å²) in [6.45, 7) is 3.81. The van der Waals surface area contributed by atoms with Crippen molar-refractivity contribution in [2.24, 2.45) is 11.7 Å². The third kappa shape index (κ3) is 2.23. The Morgan fingerprint density at radius 2 is 2.00 bits per heavy atom. The van der Waals surface area contributed by atoms with Crippen molar-refractivity contribution in [1.82, 2.24) is 0 Å². The summed E-state index contributed by atoms with van der Waals surface area (Å²) < 4.78 is 0. The standard InChI is InChI=1S/C5H10NOSi/c1-3(2)4(6)5(7)8/h3-4H,6H2,1-2H3. The Hall–Kier alpha value is -0.153. The maximum Gasteiger partial charge on any atom is 0.128 e. The second kappa shape index (κ2) is 2.99. The molecule has 1 atom stereocenters. The molecule has 0 saturated carbocycles. The summed E-state index contributed by atoms with van der Waals surface area (Å²) in [7, 11) is 2.82. The molecule has 0 bridgehead atoms.